The van der Waals surface area contributed by atoms with Crippen molar-refractivity contribution >= 4 is 16.5 Å². The van der Waals surface area contributed by atoms with Crippen LogP contribution in [-0.4, -0.2) is 11.3 Å². The first kappa shape index (κ1) is 11.7. The van der Waals surface area contributed by atoms with Crippen LogP contribution in [-0.2, 0) is 0 Å². The van der Waals surface area contributed by atoms with Gasteiger partial charge in [-0.2, -0.15) is 0 Å². The predicted molar refractivity (Wildman–Crippen MR) is 58.6 cm³/mol. The fraction of sp³-hybridized carbons (Fsp3) is 0.100. The number of hydrogen-bond donors (Lipinski definition) is 1. The highest BCUT2D eigenvalue weighted by Gasteiger charge is 2.32. The van der Waals surface area contributed by atoms with Crippen LogP contribution in [0.5, 0.6) is 5.75 Å². The quantitative estimate of drug-likeness (QED) is 0.901. The summed E-state index contributed by atoms with van der Waals surface area (Å²) in [5.41, 5.74) is 5.76. The second-order valence-electron chi connectivity index (χ2n) is 3.11. The Morgan fingerprint density at radius 3 is 2.53 bits per heavy atom. The number of thiazole rings is 1. The average Bonchev–Trinajstić information content (AvgIpc) is 2.63. The highest BCUT2D eigenvalue weighted by molar-refractivity contribution is 7.18. The first-order chi connectivity index (χ1) is 7.96. The van der Waals surface area contributed by atoms with Crippen LogP contribution in [0.25, 0.3) is 10.4 Å². The van der Waals surface area contributed by atoms with Crippen molar-refractivity contribution in [1.82, 2.24) is 4.98 Å². The van der Waals surface area contributed by atoms with Crippen molar-refractivity contribution in [3.8, 4) is 16.2 Å². The Morgan fingerprint density at radius 2 is 1.94 bits per heavy atom. The normalized spacial score (nSPS) is 11.5. The summed E-state index contributed by atoms with van der Waals surface area (Å²) in [7, 11) is 0. The zero-order chi connectivity index (χ0) is 12.5. The third-order valence-electron chi connectivity index (χ3n) is 1.90. The Labute approximate surface area is 98.7 Å². The van der Waals surface area contributed by atoms with Crippen molar-refractivity contribution in [2.45, 2.75) is 6.36 Å². The van der Waals surface area contributed by atoms with Crippen LogP contribution in [0, 0.1) is 0 Å². The molecule has 0 aliphatic heterocycles. The minimum Gasteiger partial charge on any atom is -0.405 e. The molecule has 1 heterocycles. The smallest absolute Gasteiger partial charge is 0.405 e. The zero-order valence-corrected chi connectivity index (χ0v) is 9.18. The summed E-state index contributed by atoms with van der Waals surface area (Å²) in [6, 6.07) is 5.86. The number of hydrogen-bond acceptors (Lipinski definition) is 4. The van der Waals surface area contributed by atoms with Gasteiger partial charge in [-0.25, -0.2) is 4.98 Å². The number of anilines is 1. The van der Waals surface area contributed by atoms with Gasteiger partial charge in [0.05, 0.1) is 4.88 Å². The van der Waals surface area contributed by atoms with Gasteiger partial charge in [0, 0.05) is 11.8 Å². The number of halogens is 3. The molecule has 17 heavy (non-hydrogen) atoms. The van der Waals surface area contributed by atoms with Gasteiger partial charge in [-0.15, -0.1) is 13.2 Å². The van der Waals surface area contributed by atoms with Gasteiger partial charge in [0.15, 0.2) is 5.13 Å². The Kier molecular flexibility index (Phi) is 2.93. The number of alkyl halides is 3. The average molecular weight is 260 g/mol. The largest absolute Gasteiger partial charge is 0.573 e. The molecule has 0 aliphatic carbocycles. The van der Waals surface area contributed by atoms with E-state index in [9.17, 15) is 13.2 Å². The number of rotatable bonds is 2. The van der Waals surface area contributed by atoms with Crippen molar-refractivity contribution in [2.75, 3.05) is 5.73 Å². The van der Waals surface area contributed by atoms with Gasteiger partial charge >= 0.3 is 6.36 Å². The SMILES string of the molecule is Nc1ncc(-c2ccccc2OC(F)(F)F)s1. The molecule has 0 aliphatic rings. The molecular formula is C10H7F3N2OS. The molecule has 0 unspecified atom stereocenters. The van der Waals surface area contributed by atoms with Crippen LogP contribution in [0.3, 0.4) is 0 Å². The molecule has 0 saturated heterocycles. The lowest BCUT2D eigenvalue weighted by atomic mass is 10.2. The Morgan fingerprint density at radius 1 is 1.24 bits per heavy atom. The monoisotopic (exact) mass is 260 g/mol. The lowest BCUT2D eigenvalue weighted by molar-refractivity contribution is -0.274. The molecule has 3 nitrogen and oxygen atoms in total. The standard InChI is InChI=1S/C10H7F3N2OS/c11-10(12,13)16-7-4-2-1-3-6(7)8-5-15-9(14)17-8/h1-5H,(H2,14,15). The second kappa shape index (κ2) is 4.25. The summed E-state index contributed by atoms with van der Waals surface area (Å²) in [4.78, 5) is 4.32. The molecule has 0 radical (unpaired) electrons. The fourth-order valence-corrected chi connectivity index (χ4v) is 2.01. The van der Waals surface area contributed by atoms with Crippen LogP contribution < -0.4 is 10.5 Å². The van der Waals surface area contributed by atoms with Crippen LogP contribution >= 0.6 is 11.3 Å². The molecule has 0 atom stereocenters. The van der Waals surface area contributed by atoms with Gasteiger partial charge in [-0.3, -0.25) is 0 Å². The van der Waals surface area contributed by atoms with Crippen molar-refractivity contribution in [2.24, 2.45) is 0 Å². The molecule has 90 valence electrons. The molecule has 0 saturated carbocycles. The molecule has 1 aromatic heterocycles. The van der Waals surface area contributed by atoms with Crippen LogP contribution in [0.4, 0.5) is 18.3 Å². The number of nitrogens with two attached hydrogens (primary N) is 1. The van der Waals surface area contributed by atoms with Crippen molar-refractivity contribution in [1.29, 1.82) is 0 Å². The molecule has 2 aromatic rings. The van der Waals surface area contributed by atoms with E-state index < -0.39 is 6.36 Å². The molecule has 0 spiro atoms. The third kappa shape index (κ3) is 2.88. The van der Waals surface area contributed by atoms with E-state index in [0.29, 0.717) is 15.6 Å². The van der Waals surface area contributed by atoms with E-state index in [1.54, 1.807) is 6.07 Å². The molecule has 0 fully saturated rings. The minimum atomic E-state index is -4.72. The molecule has 0 amide bonds. The van der Waals surface area contributed by atoms with Crippen LogP contribution in [0.1, 0.15) is 0 Å². The maximum atomic E-state index is 12.2. The molecule has 7 heteroatoms. The van der Waals surface area contributed by atoms with Gasteiger partial charge in [-0.05, 0) is 12.1 Å². The number of aromatic nitrogens is 1. The van der Waals surface area contributed by atoms with Gasteiger partial charge < -0.3 is 10.5 Å². The number of ether oxygens (including phenoxy) is 1. The summed E-state index contributed by atoms with van der Waals surface area (Å²) in [5, 5.41) is 0.293. The maximum absolute atomic E-state index is 12.2. The summed E-state index contributed by atoms with van der Waals surface area (Å²) in [6.45, 7) is 0. The van der Waals surface area contributed by atoms with E-state index in [1.165, 1.54) is 24.4 Å². The minimum absolute atomic E-state index is 0.261. The van der Waals surface area contributed by atoms with E-state index >= 15 is 0 Å². The van der Waals surface area contributed by atoms with Crippen LogP contribution in [0.15, 0.2) is 30.5 Å². The van der Waals surface area contributed by atoms with Crippen molar-refractivity contribution in [3.05, 3.63) is 30.5 Å². The van der Waals surface area contributed by atoms with Crippen LogP contribution in [0.2, 0.25) is 0 Å². The molecule has 2 rings (SSSR count). The second-order valence-corrected chi connectivity index (χ2v) is 4.17. The van der Waals surface area contributed by atoms with E-state index in [4.69, 9.17) is 5.73 Å². The van der Waals surface area contributed by atoms with Gasteiger partial charge in [-0.1, -0.05) is 23.5 Å². The van der Waals surface area contributed by atoms with E-state index in [-0.39, 0.29) is 5.75 Å². The van der Waals surface area contributed by atoms with Crippen molar-refractivity contribution in [3.63, 3.8) is 0 Å². The summed E-state index contributed by atoms with van der Waals surface area (Å²) in [6.07, 6.45) is -3.30. The van der Waals surface area contributed by atoms with E-state index in [2.05, 4.69) is 9.72 Å². The lowest BCUT2D eigenvalue weighted by Gasteiger charge is -2.11. The first-order valence-corrected chi connectivity index (χ1v) is 5.34. The third-order valence-corrected chi connectivity index (χ3v) is 2.76. The maximum Gasteiger partial charge on any atom is 0.573 e. The Balaban J connectivity index is 2.41. The van der Waals surface area contributed by atoms with E-state index in [0.717, 1.165) is 11.3 Å². The number of nitrogens with zero attached hydrogens (tertiary/aromatic N) is 1. The topological polar surface area (TPSA) is 48.1 Å². The first-order valence-electron chi connectivity index (χ1n) is 4.52. The summed E-state index contributed by atoms with van der Waals surface area (Å²) in [5.74, 6) is -0.261. The lowest BCUT2D eigenvalue weighted by Crippen LogP contribution is -2.17. The number of nitrogen functional groups attached to an aromatic ring is 1. The molecule has 1 aromatic carbocycles. The molecule has 0 bridgehead atoms. The van der Waals surface area contributed by atoms with Gasteiger partial charge in [0.1, 0.15) is 5.75 Å². The summed E-state index contributed by atoms with van der Waals surface area (Å²) >= 11 is 1.10. The Hall–Kier alpha value is -1.76. The Bertz CT molecular complexity index is 524. The van der Waals surface area contributed by atoms with Gasteiger partial charge in [0.25, 0.3) is 0 Å². The highest BCUT2D eigenvalue weighted by Crippen LogP contribution is 2.36. The number of benzene rings is 1. The predicted octanol–water partition coefficient (Wildman–Crippen LogP) is 3.29. The fourth-order valence-electron chi connectivity index (χ4n) is 1.30. The highest BCUT2D eigenvalue weighted by atomic mass is 32.1. The summed E-state index contributed by atoms with van der Waals surface area (Å²) < 4.78 is 40.5. The van der Waals surface area contributed by atoms with Gasteiger partial charge in [0.2, 0.25) is 0 Å². The van der Waals surface area contributed by atoms with Crippen molar-refractivity contribution < 1.29 is 17.9 Å². The molecular weight excluding hydrogens is 253 g/mol. The zero-order valence-electron chi connectivity index (χ0n) is 8.36. The molecule has 2 N–H and O–H groups in total. The number of para-hydroxylation sites is 1. The van der Waals surface area contributed by atoms with E-state index in [1.807, 2.05) is 0 Å².